The number of amides is 1. The lowest BCUT2D eigenvalue weighted by atomic mass is 10.1. The quantitative estimate of drug-likeness (QED) is 0.431. The van der Waals surface area contributed by atoms with Crippen molar-refractivity contribution in [3.05, 3.63) is 84.2 Å². The van der Waals surface area contributed by atoms with Crippen LogP contribution in [0.15, 0.2) is 78.0 Å². The summed E-state index contributed by atoms with van der Waals surface area (Å²) in [5, 5.41) is 3.40. The predicted molar refractivity (Wildman–Crippen MR) is 132 cm³/mol. The van der Waals surface area contributed by atoms with Gasteiger partial charge in [-0.3, -0.25) is 14.1 Å². The van der Waals surface area contributed by atoms with Gasteiger partial charge in [0.05, 0.1) is 30.2 Å². The van der Waals surface area contributed by atoms with Crippen molar-refractivity contribution in [2.45, 2.75) is 18.7 Å². The molecule has 0 aliphatic rings. The average molecular weight is 477 g/mol. The summed E-state index contributed by atoms with van der Waals surface area (Å²) in [6, 6.07) is 17.1. The number of hydrogen-bond donors (Lipinski definition) is 1. The van der Waals surface area contributed by atoms with Gasteiger partial charge in [0.2, 0.25) is 11.8 Å². The molecule has 1 N–H and O–H groups in total. The highest BCUT2D eigenvalue weighted by Crippen LogP contribution is 2.31. The first-order valence-electron chi connectivity index (χ1n) is 10.5. The normalized spacial score (nSPS) is 11.3. The second kappa shape index (κ2) is 9.48. The Labute approximate surface area is 198 Å². The van der Waals surface area contributed by atoms with Gasteiger partial charge in [-0.1, -0.05) is 30.3 Å². The second-order valence-corrected chi connectivity index (χ2v) is 9.53. The van der Waals surface area contributed by atoms with Crippen LogP contribution < -0.4 is 14.4 Å². The number of benzene rings is 2. The van der Waals surface area contributed by atoms with Crippen LogP contribution in [0.4, 0.5) is 11.4 Å². The van der Waals surface area contributed by atoms with E-state index in [1.165, 1.54) is 19.4 Å². The number of hydrogen-bond acceptors (Lipinski definition) is 6. The lowest BCUT2D eigenvalue weighted by Crippen LogP contribution is -2.38. The molecule has 8 nitrogen and oxygen atoms in total. The Kier molecular flexibility index (Phi) is 6.47. The molecule has 2 aromatic carbocycles. The SMILES string of the molecule is COc1ccc(NC(=O)CN(c2cccc(C)c2C)S(=O)(=O)c2cccc3cccnc23)cn1. The summed E-state index contributed by atoms with van der Waals surface area (Å²) >= 11 is 0. The Morgan fingerprint density at radius 1 is 1.00 bits per heavy atom. The van der Waals surface area contributed by atoms with E-state index in [-0.39, 0.29) is 4.90 Å². The highest BCUT2D eigenvalue weighted by Gasteiger charge is 2.30. The third-order valence-electron chi connectivity index (χ3n) is 5.52. The van der Waals surface area contributed by atoms with E-state index in [1.807, 2.05) is 19.9 Å². The summed E-state index contributed by atoms with van der Waals surface area (Å²) in [6.07, 6.45) is 3.00. The van der Waals surface area contributed by atoms with Gasteiger partial charge < -0.3 is 10.1 Å². The molecule has 4 rings (SSSR count). The van der Waals surface area contributed by atoms with Crippen molar-refractivity contribution in [1.82, 2.24) is 9.97 Å². The first kappa shape index (κ1) is 23.2. The van der Waals surface area contributed by atoms with Gasteiger partial charge in [-0.2, -0.15) is 0 Å². The maximum atomic E-state index is 14.0. The van der Waals surface area contributed by atoms with Crippen LogP contribution in [0.3, 0.4) is 0 Å². The van der Waals surface area contributed by atoms with Crippen LogP contribution in [0.2, 0.25) is 0 Å². The van der Waals surface area contributed by atoms with Gasteiger partial charge in [0.1, 0.15) is 11.4 Å². The summed E-state index contributed by atoms with van der Waals surface area (Å²) < 4.78 is 34.1. The number of nitrogens with one attached hydrogen (secondary N) is 1. The highest BCUT2D eigenvalue weighted by molar-refractivity contribution is 7.93. The molecule has 4 aromatic rings. The van der Waals surface area contributed by atoms with Crippen molar-refractivity contribution in [2.24, 2.45) is 0 Å². The van der Waals surface area contributed by atoms with E-state index >= 15 is 0 Å². The number of anilines is 2. The molecular weight excluding hydrogens is 452 g/mol. The Hall–Kier alpha value is -3.98. The standard InChI is InChI=1S/C25H24N4O4S/c1-17-7-4-10-21(18(17)2)29(16-23(30)28-20-12-13-24(33-3)27-15-20)34(31,32)22-11-5-8-19-9-6-14-26-25(19)22/h4-15H,16H2,1-3H3,(H,28,30). The third-order valence-corrected chi connectivity index (χ3v) is 7.32. The van der Waals surface area contributed by atoms with Gasteiger partial charge in [-0.05, 0) is 49.2 Å². The van der Waals surface area contributed by atoms with Crippen molar-refractivity contribution in [3.8, 4) is 5.88 Å². The molecule has 0 aliphatic carbocycles. The fraction of sp³-hybridized carbons (Fsp3) is 0.160. The maximum Gasteiger partial charge on any atom is 0.266 e. The largest absolute Gasteiger partial charge is 0.481 e. The van der Waals surface area contributed by atoms with Crippen molar-refractivity contribution in [3.63, 3.8) is 0 Å². The molecule has 0 saturated carbocycles. The minimum absolute atomic E-state index is 0.0328. The number of aryl methyl sites for hydroxylation is 1. The number of pyridine rings is 2. The van der Waals surface area contributed by atoms with Gasteiger partial charge in [0.25, 0.3) is 10.0 Å². The maximum absolute atomic E-state index is 14.0. The number of sulfonamides is 1. The zero-order valence-corrected chi connectivity index (χ0v) is 19.8. The highest BCUT2D eigenvalue weighted by atomic mass is 32.2. The lowest BCUT2D eigenvalue weighted by Gasteiger charge is -2.26. The van der Waals surface area contributed by atoms with Crippen molar-refractivity contribution >= 4 is 38.2 Å². The van der Waals surface area contributed by atoms with Crippen LogP contribution in [0.1, 0.15) is 11.1 Å². The van der Waals surface area contributed by atoms with Crippen LogP contribution >= 0.6 is 0 Å². The van der Waals surface area contributed by atoms with E-state index in [9.17, 15) is 13.2 Å². The molecule has 2 aromatic heterocycles. The molecule has 0 radical (unpaired) electrons. The molecule has 174 valence electrons. The number of rotatable bonds is 7. The van der Waals surface area contributed by atoms with Crippen LogP contribution in [0, 0.1) is 13.8 Å². The molecule has 2 heterocycles. The monoisotopic (exact) mass is 476 g/mol. The van der Waals surface area contributed by atoms with Gasteiger partial charge in [0, 0.05) is 17.6 Å². The van der Waals surface area contributed by atoms with Crippen molar-refractivity contribution in [1.29, 1.82) is 0 Å². The van der Waals surface area contributed by atoms with Crippen LogP contribution in [0.5, 0.6) is 5.88 Å². The van der Waals surface area contributed by atoms with Gasteiger partial charge in [-0.15, -0.1) is 0 Å². The molecule has 9 heteroatoms. The van der Waals surface area contributed by atoms with E-state index in [0.717, 1.165) is 15.4 Å². The summed E-state index contributed by atoms with van der Waals surface area (Å²) in [7, 11) is -2.65. The number of nitrogens with zero attached hydrogens (tertiary/aromatic N) is 3. The number of carbonyl (C=O) groups is 1. The number of ether oxygens (including phenoxy) is 1. The first-order valence-corrected chi connectivity index (χ1v) is 12.0. The summed E-state index contributed by atoms with van der Waals surface area (Å²) in [6.45, 7) is 3.30. The van der Waals surface area contributed by atoms with Gasteiger partial charge in [0.15, 0.2) is 0 Å². The fourth-order valence-corrected chi connectivity index (χ4v) is 5.26. The molecule has 0 unspecified atom stereocenters. The Bertz CT molecular complexity index is 1450. The number of aromatic nitrogens is 2. The molecular formula is C25H24N4O4S. The first-order chi connectivity index (χ1) is 16.3. The third kappa shape index (κ3) is 4.55. The molecule has 0 saturated heterocycles. The average Bonchev–Trinajstić information content (AvgIpc) is 2.84. The van der Waals surface area contributed by atoms with E-state index in [2.05, 4.69) is 15.3 Å². The number of para-hydroxylation sites is 1. The second-order valence-electron chi connectivity index (χ2n) is 7.70. The molecule has 0 fully saturated rings. The van der Waals surface area contributed by atoms with Crippen LogP contribution in [-0.4, -0.2) is 37.9 Å². The number of fused-ring (bicyclic) bond motifs is 1. The Balaban J connectivity index is 1.76. The number of methoxy groups -OCH3 is 1. The van der Waals surface area contributed by atoms with Crippen LogP contribution in [0.25, 0.3) is 10.9 Å². The lowest BCUT2D eigenvalue weighted by molar-refractivity contribution is -0.114. The Morgan fingerprint density at radius 3 is 2.50 bits per heavy atom. The fourth-order valence-electron chi connectivity index (χ4n) is 3.61. The van der Waals surface area contributed by atoms with Crippen molar-refractivity contribution in [2.75, 3.05) is 23.3 Å². The molecule has 0 spiro atoms. The summed E-state index contributed by atoms with van der Waals surface area (Å²) in [5.41, 5.74) is 2.87. The van der Waals surface area contributed by atoms with Gasteiger partial charge >= 0.3 is 0 Å². The minimum atomic E-state index is -4.14. The summed E-state index contributed by atoms with van der Waals surface area (Å²) in [4.78, 5) is 21.4. The van der Waals surface area contributed by atoms with E-state index < -0.39 is 22.5 Å². The summed E-state index contributed by atoms with van der Waals surface area (Å²) in [5.74, 6) is -0.106. The molecule has 0 aliphatic heterocycles. The number of carbonyl (C=O) groups excluding carboxylic acids is 1. The van der Waals surface area contributed by atoms with Crippen LogP contribution in [-0.2, 0) is 14.8 Å². The van der Waals surface area contributed by atoms with E-state index in [1.54, 1.807) is 54.7 Å². The topological polar surface area (TPSA) is 101 Å². The zero-order chi connectivity index (χ0) is 24.3. The van der Waals surface area contributed by atoms with E-state index in [0.29, 0.717) is 28.2 Å². The smallest absolute Gasteiger partial charge is 0.266 e. The van der Waals surface area contributed by atoms with E-state index in [4.69, 9.17) is 4.74 Å². The minimum Gasteiger partial charge on any atom is -0.481 e. The molecule has 34 heavy (non-hydrogen) atoms. The molecule has 0 atom stereocenters. The van der Waals surface area contributed by atoms with Gasteiger partial charge in [-0.25, -0.2) is 13.4 Å². The predicted octanol–water partition coefficient (Wildman–Crippen LogP) is 4.09. The zero-order valence-electron chi connectivity index (χ0n) is 19.0. The molecule has 1 amide bonds. The molecule has 0 bridgehead atoms. The Morgan fingerprint density at radius 2 is 1.76 bits per heavy atom. The van der Waals surface area contributed by atoms with Crippen molar-refractivity contribution < 1.29 is 17.9 Å².